The lowest BCUT2D eigenvalue weighted by molar-refractivity contribution is 0.0954. The lowest BCUT2D eigenvalue weighted by Crippen LogP contribution is -2.25. The Kier molecular flexibility index (Phi) is 6.07. The number of hydrogen-bond acceptors (Lipinski definition) is 4. The van der Waals surface area contributed by atoms with Gasteiger partial charge in [-0.2, -0.15) is 11.8 Å². The second-order valence-corrected chi connectivity index (χ2v) is 4.65. The monoisotopic (exact) mass is 267 g/mol. The van der Waals surface area contributed by atoms with Gasteiger partial charge in [-0.25, -0.2) is 0 Å². The second-order valence-electron chi connectivity index (χ2n) is 3.67. The van der Waals surface area contributed by atoms with E-state index in [4.69, 9.17) is 10.9 Å². The smallest absolute Gasteiger partial charge is 0.251 e. The number of carbonyl (C=O) groups excluding carboxylic acids is 1. The molecule has 18 heavy (non-hydrogen) atoms. The summed E-state index contributed by atoms with van der Waals surface area (Å²) in [6, 6.07) is 6.67. The molecule has 0 aliphatic heterocycles. The molecule has 0 heterocycles. The molecule has 1 aromatic rings. The highest BCUT2D eigenvalue weighted by Gasteiger charge is 2.07. The van der Waals surface area contributed by atoms with Gasteiger partial charge in [0, 0.05) is 17.7 Å². The minimum atomic E-state index is -0.149. The molecule has 0 atom stereocenters. The van der Waals surface area contributed by atoms with Crippen LogP contribution in [0.4, 0.5) is 0 Å². The van der Waals surface area contributed by atoms with E-state index in [0.29, 0.717) is 17.7 Å². The molecule has 4 N–H and O–H groups in total. The zero-order chi connectivity index (χ0) is 13.4. The van der Waals surface area contributed by atoms with Crippen LogP contribution in [0, 0.1) is 0 Å². The number of nitrogens with zero attached hydrogens (tertiary/aromatic N) is 1. The SMILES string of the molecule is CSCCCNC(=O)c1cccc(C(N)=NO)c1. The maximum Gasteiger partial charge on any atom is 0.251 e. The van der Waals surface area contributed by atoms with Gasteiger partial charge >= 0.3 is 0 Å². The fourth-order valence-corrected chi connectivity index (χ4v) is 1.83. The van der Waals surface area contributed by atoms with E-state index in [9.17, 15) is 4.79 Å². The molecule has 0 saturated carbocycles. The fourth-order valence-electron chi connectivity index (χ4n) is 1.40. The van der Waals surface area contributed by atoms with Gasteiger partial charge in [0.2, 0.25) is 0 Å². The molecule has 0 aromatic heterocycles. The van der Waals surface area contributed by atoms with Gasteiger partial charge in [0.25, 0.3) is 5.91 Å². The molecule has 0 bridgehead atoms. The van der Waals surface area contributed by atoms with Crippen LogP contribution >= 0.6 is 11.8 Å². The van der Waals surface area contributed by atoms with Crippen molar-refractivity contribution in [3.63, 3.8) is 0 Å². The van der Waals surface area contributed by atoms with E-state index in [1.165, 1.54) is 0 Å². The van der Waals surface area contributed by atoms with E-state index in [-0.39, 0.29) is 11.7 Å². The topological polar surface area (TPSA) is 87.7 Å². The predicted octanol–water partition coefficient (Wildman–Crippen LogP) is 1.26. The number of carbonyl (C=O) groups is 1. The van der Waals surface area contributed by atoms with Crippen molar-refractivity contribution in [2.24, 2.45) is 10.9 Å². The third-order valence-electron chi connectivity index (χ3n) is 2.34. The van der Waals surface area contributed by atoms with Crippen molar-refractivity contribution in [2.75, 3.05) is 18.6 Å². The molecule has 0 unspecified atom stereocenters. The Bertz CT molecular complexity index is 435. The lowest BCUT2D eigenvalue weighted by Gasteiger charge is -2.06. The Morgan fingerprint density at radius 1 is 1.50 bits per heavy atom. The molecular weight excluding hydrogens is 250 g/mol. The third kappa shape index (κ3) is 4.29. The summed E-state index contributed by atoms with van der Waals surface area (Å²) in [5.41, 5.74) is 6.49. The van der Waals surface area contributed by atoms with Crippen LogP contribution in [0.25, 0.3) is 0 Å². The average molecular weight is 267 g/mol. The first-order chi connectivity index (χ1) is 8.69. The first-order valence-electron chi connectivity index (χ1n) is 5.54. The minimum Gasteiger partial charge on any atom is -0.409 e. The molecule has 5 nitrogen and oxygen atoms in total. The number of amidine groups is 1. The summed E-state index contributed by atoms with van der Waals surface area (Å²) in [6.45, 7) is 0.646. The average Bonchev–Trinajstić information content (AvgIpc) is 2.42. The quantitative estimate of drug-likeness (QED) is 0.238. The van der Waals surface area contributed by atoms with Gasteiger partial charge in [0.05, 0.1) is 0 Å². The molecule has 6 heteroatoms. The van der Waals surface area contributed by atoms with Gasteiger partial charge in [-0.1, -0.05) is 17.3 Å². The summed E-state index contributed by atoms with van der Waals surface area (Å²) in [5, 5.41) is 14.3. The number of rotatable bonds is 6. The predicted molar refractivity (Wildman–Crippen MR) is 74.3 cm³/mol. The van der Waals surface area contributed by atoms with Gasteiger partial charge in [-0.05, 0) is 30.6 Å². The van der Waals surface area contributed by atoms with Crippen LogP contribution in [0.2, 0.25) is 0 Å². The van der Waals surface area contributed by atoms with Crippen molar-refractivity contribution >= 4 is 23.5 Å². The second kappa shape index (κ2) is 7.60. The zero-order valence-electron chi connectivity index (χ0n) is 10.2. The maximum atomic E-state index is 11.8. The zero-order valence-corrected chi connectivity index (χ0v) is 11.0. The van der Waals surface area contributed by atoms with E-state index in [1.807, 2.05) is 6.26 Å². The van der Waals surface area contributed by atoms with E-state index in [1.54, 1.807) is 36.0 Å². The highest BCUT2D eigenvalue weighted by molar-refractivity contribution is 7.98. The maximum absolute atomic E-state index is 11.8. The van der Waals surface area contributed by atoms with Crippen LogP contribution in [-0.2, 0) is 0 Å². The van der Waals surface area contributed by atoms with Crippen LogP contribution in [-0.4, -0.2) is 35.5 Å². The van der Waals surface area contributed by atoms with Gasteiger partial charge in [-0.15, -0.1) is 0 Å². The number of oxime groups is 1. The van der Waals surface area contributed by atoms with E-state index < -0.39 is 0 Å². The van der Waals surface area contributed by atoms with Gasteiger partial charge in [0.15, 0.2) is 5.84 Å². The molecule has 0 aliphatic rings. The first kappa shape index (κ1) is 14.4. The fraction of sp³-hybridized carbons (Fsp3) is 0.333. The number of nitrogens with one attached hydrogen (secondary N) is 1. The van der Waals surface area contributed by atoms with Crippen molar-refractivity contribution in [1.29, 1.82) is 0 Å². The van der Waals surface area contributed by atoms with Gasteiger partial charge in [0.1, 0.15) is 0 Å². The number of benzene rings is 1. The highest BCUT2D eigenvalue weighted by Crippen LogP contribution is 2.05. The molecule has 1 aromatic carbocycles. The number of thioether (sulfide) groups is 1. The number of hydrogen-bond donors (Lipinski definition) is 3. The Balaban J connectivity index is 2.63. The minimum absolute atomic E-state index is 0.00738. The van der Waals surface area contributed by atoms with Crippen molar-refractivity contribution in [1.82, 2.24) is 5.32 Å². The standard InChI is InChI=1S/C12H17N3O2S/c1-18-7-3-6-14-12(16)10-5-2-4-9(8-10)11(13)15-17/h2,4-5,8,17H,3,6-7H2,1H3,(H2,13,15)(H,14,16). The molecular formula is C12H17N3O2S. The Hall–Kier alpha value is -1.69. The molecule has 0 aliphatic carbocycles. The summed E-state index contributed by atoms with van der Waals surface area (Å²) >= 11 is 1.75. The molecule has 1 rings (SSSR count). The molecule has 0 radical (unpaired) electrons. The largest absolute Gasteiger partial charge is 0.409 e. The number of amides is 1. The summed E-state index contributed by atoms with van der Waals surface area (Å²) < 4.78 is 0. The van der Waals surface area contributed by atoms with Crippen LogP contribution < -0.4 is 11.1 Å². The Labute approximate surface area is 110 Å². The van der Waals surface area contributed by atoms with Crippen LogP contribution in [0.15, 0.2) is 29.4 Å². The van der Waals surface area contributed by atoms with Crippen molar-refractivity contribution in [3.8, 4) is 0 Å². The Morgan fingerprint density at radius 3 is 2.89 bits per heavy atom. The molecule has 0 spiro atoms. The van der Waals surface area contributed by atoms with Crippen molar-refractivity contribution in [3.05, 3.63) is 35.4 Å². The van der Waals surface area contributed by atoms with E-state index >= 15 is 0 Å². The van der Waals surface area contributed by atoms with Gasteiger partial charge in [-0.3, -0.25) is 4.79 Å². The first-order valence-corrected chi connectivity index (χ1v) is 6.93. The molecule has 98 valence electrons. The molecule has 0 saturated heterocycles. The summed E-state index contributed by atoms with van der Waals surface area (Å²) in [5.74, 6) is 0.862. The molecule has 0 fully saturated rings. The van der Waals surface area contributed by atoms with Crippen LogP contribution in [0.3, 0.4) is 0 Å². The normalized spacial score (nSPS) is 11.3. The van der Waals surface area contributed by atoms with E-state index in [0.717, 1.165) is 12.2 Å². The van der Waals surface area contributed by atoms with Crippen LogP contribution in [0.1, 0.15) is 22.3 Å². The highest BCUT2D eigenvalue weighted by atomic mass is 32.2. The molecule has 1 amide bonds. The van der Waals surface area contributed by atoms with Gasteiger partial charge < -0.3 is 16.3 Å². The lowest BCUT2D eigenvalue weighted by atomic mass is 10.1. The van der Waals surface area contributed by atoms with Crippen molar-refractivity contribution in [2.45, 2.75) is 6.42 Å². The van der Waals surface area contributed by atoms with Crippen LogP contribution in [0.5, 0.6) is 0 Å². The van der Waals surface area contributed by atoms with Crippen molar-refractivity contribution < 1.29 is 10.0 Å². The summed E-state index contributed by atoms with van der Waals surface area (Å²) in [6.07, 6.45) is 2.97. The Morgan fingerprint density at radius 2 is 2.22 bits per heavy atom. The third-order valence-corrected chi connectivity index (χ3v) is 3.04. The van der Waals surface area contributed by atoms with E-state index in [2.05, 4.69) is 10.5 Å². The summed E-state index contributed by atoms with van der Waals surface area (Å²) in [4.78, 5) is 11.8. The number of nitrogens with two attached hydrogens (primary N) is 1. The summed E-state index contributed by atoms with van der Waals surface area (Å²) in [7, 11) is 0.